The summed E-state index contributed by atoms with van der Waals surface area (Å²) in [5, 5.41) is 6.12. The standard InChI is InChI=1S/C17H21BrN4O/c1-4-5-8-19-16-10-15(20-12(3)21-16)17(23)22-14-7-6-13(18)9-11(14)2/h6-7,9-10H,4-5,8H2,1-3H3,(H,22,23)(H,19,20,21). The molecule has 0 aliphatic heterocycles. The van der Waals surface area contributed by atoms with Crippen LogP contribution in [-0.2, 0) is 0 Å². The molecule has 122 valence electrons. The van der Waals surface area contributed by atoms with Gasteiger partial charge in [0.05, 0.1) is 0 Å². The topological polar surface area (TPSA) is 66.9 Å². The van der Waals surface area contributed by atoms with E-state index in [1.54, 1.807) is 13.0 Å². The molecule has 0 saturated carbocycles. The van der Waals surface area contributed by atoms with Gasteiger partial charge < -0.3 is 10.6 Å². The first kappa shape index (κ1) is 17.4. The van der Waals surface area contributed by atoms with Crippen molar-refractivity contribution in [3.63, 3.8) is 0 Å². The average molecular weight is 377 g/mol. The van der Waals surface area contributed by atoms with Crippen molar-refractivity contribution in [1.29, 1.82) is 0 Å². The molecule has 2 rings (SSSR count). The number of unbranched alkanes of at least 4 members (excludes halogenated alkanes) is 1. The van der Waals surface area contributed by atoms with E-state index in [1.807, 2.05) is 25.1 Å². The van der Waals surface area contributed by atoms with Crippen LogP contribution >= 0.6 is 15.9 Å². The summed E-state index contributed by atoms with van der Waals surface area (Å²) in [6, 6.07) is 7.40. The van der Waals surface area contributed by atoms with Crippen LogP contribution in [0.15, 0.2) is 28.7 Å². The summed E-state index contributed by atoms with van der Waals surface area (Å²) in [5.74, 6) is 1.02. The molecule has 0 aliphatic carbocycles. The minimum atomic E-state index is -0.237. The molecule has 0 spiro atoms. The van der Waals surface area contributed by atoms with Crippen LogP contribution in [0.5, 0.6) is 0 Å². The van der Waals surface area contributed by atoms with Crippen molar-refractivity contribution in [2.24, 2.45) is 0 Å². The lowest BCUT2D eigenvalue weighted by Gasteiger charge is -2.10. The highest BCUT2D eigenvalue weighted by Gasteiger charge is 2.12. The van der Waals surface area contributed by atoms with E-state index in [-0.39, 0.29) is 5.91 Å². The van der Waals surface area contributed by atoms with Gasteiger partial charge in [0.15, 0.2) is 0 Å². The highest BCUT2D eigenvalue weighted by molar-refractivity contribution is 9.10. The second-order valence-corrected chi connectivity index (χ2v) is 6.30. The van der Waals surface area contributed by atoms with Gasteiger partial charge in [0.25, 0.3) is 5.91 Å². The quantitative estimate of drug-likeness (QED) is 0.736. The number of carbonyl (C=O) groups excluding carboxylic acids is 1. The van der Waals surface area contributed by atoms with Gasteiger partial charge in [-0.3, -0.25) is 4.79 Å². The molecule has 1 amide bonds. The van der Waals surface area contributed by atoms with E-state index >= 15 is 0 Å². The highest BCUT2D eigenvalue weighted by atomic mass is 79.9. The van der Waals surface area contributed by atoms with Crippen LogP contribution in [0.3, 0.4) is 0 Å². The van der Waals surface area contributed by atoms with Gasteiger partial charge in [0.2, 0.25) is 0 Å². The number of hydrogen-bond donors (Lipinski definition) is 2. The van der Waals surface area contributed by atoms with Crippen LogP contribution in [0.1, 0.15) is 41.6 Å². The van der Waals surface area contributed by atoms with Crippen LogP contribution in [0.25, 0.3) is 0 Å². The van der Waals surface area contributed by atoms with Crippen molar-refractivity contribution in [2.45, 2.75) is 33.6 Å². The monoisotopic (exact) mass is 376 g/mol. The zero-order valence-electron chi connectivity index (χ0n) is 13.6. The number of nitrogens with one attached hydrogen (secondary N) is 2. The number of aryl methyl sites for hydroxylation is 2. The van der Waals surface area contributed by atoms with Crippen molar-refractivity contribution in [1.82, 2.24) is 9.97 Å². The fourth-order valence-corrected chi connectivity index (χ4v) is 2.60. The van der Waals surface area contributed by atoms with Crippen molar-refractivity contribution in [2.75, 3.05) is 17.2 Å². The number of nitrogens with zero attached hydrogens (tertiary/aromatic N) is 2. The van der Waals surface area contributed by atoms with Gasteiger partial charge in [-0.25, -0.2) is 9.97 Å². The largest absolute Gasteiger partial charge is 0.370 e. The lowest BCUT2D eigenvalue weighted by atomic mass is 10.2. The van der Waals surface area contributed by atoms with Crippen LogP contribution in [0, 0.1) is 13.8 Å². The molecule has 0 saturated heterocycles. The Balaban J connectivity index is 2.15. The lowest BCUT2D eigenvalue weighted by Crippen LogP contribution is -2.16. The lowest BCUT2D eigenvalue weighted by molar-refractivity contribution is 0.102. The molecule has 0 aliphatic rings. The number of anilines is 2. The molecule has 0 fully saturated rings. The smallest absolute Gasteiger partial charge is 0.274 e. The molecule has 0 atom stereocenters. The third kappa shape index (κ3) is 5.03. The molecule has 1 aromatic carbocycles. The molecule has 23 heavy (non-hydrogen) atoms. The first-order valence-corrected chi connectivity index (χ1v) is 8.46. The van der Waals surface area contributed by atoms with Crippen LogP contribution < -0.4 is 10.6 Å². The Morgan fingerprint density at radius 2 is 2.00 bits per heavy atom. The summed E-state index contributed by atoms with van der Waals surface area (Å²) in [5.41, 5.74) is 2.12. The molecule has 5 nitrogen and oxygen atoms in total. The van der Waals surface area contributed by atoms with Crippen molar-refractivity contribution in [3.05, 3.63) is 45.8 Å². The summed E-state index contributed by atoms with van der Waals surface area (Å²) < 4.78 is 0.980. The summed E-state index contributed by atoms with van der Waals surface area (Å²) in [7, 11) is 0. The van der Waals surface area contributed by atoms with Crippen molar-refractivity contribution in [3.8, 4) is 0 Å². The second-order valence-electron chi connectivity index (χ2n) is 5.38. The zero-order valence-corrected chi connectivity index (χ0v) is 15.2. The van der Waals surface area contributed by atoms with Crippen LogP contribution in [0.4, 0.5) is 11.5 Å². The molecule has 2 N–H and O–H groups in total. The van der Waals surface area contributed by atoms with Gasteiger partial charge in [-0.1, -0.05) is 29.3 Å². The number of hydrogen-bond acceptors (Lipinski definition) is 4. The van der Waals surface area contributed by atoms with Gasteiger partial charge in [-0.05, 0) is 44.0 Å². The first-order valence-electron chi connectivity index (χ1n) is 7.66. The molecule has 1 aromatic heterocycles. The highest BCUT2D eigenvalue weighted by Crippen LogP contribution is 2.20. The van der Waals surface area contributed by atoms with Gasteiger partial charge in [-0.15, -0.1) is 0 Å². The van der Waals surface area contributed by atoms with Crippen LogP contribution in [-0.4, -0.2) is 22.4 Å². The van der Waals surface area contributed by atoms with Gasteiger partial charge >= 0.3 is 0 Å². The molecular weight excluding hydrogens is 356 g/mol. The summed E-state index contributed by atoms with van der Waals surface area (Å²) in [6.07, 6.45) is 2.16. The molecule has 1 heterocycles. The van der Waals surface area contributed by atoms with E-state index in [9.17, 15) is 4.79 Å². The maximum absolute atomic E-state index is 12.4. The summed E-state index contributed by atoms with van der Waals surface area (Å²) >= 11 is 3.41. The average Bonchev–Trinajstić information content (AvgIpc) is 2.50. The maximum Gasteiger partial charge on any atom is 0.274 e. The third-order valence-corrected chi connectivity index (χ3v) is 3.84. The van der Waals surface area contributed by atoms with E-state index in [0.29, 0.717) is 17.3 Å². The molecule has 6 heteroatoms. The minimum Gasteiger partial charge on any atom is -0.370 e. The third-order valence-electron chi connectivity index (χ3n) is 3.34. The second kappa shape index (κ2) is 8.06. The Bertz CT molecular complexity index is 703. The normalized spacial score (nSPS) is 10.4. The van der Waals surface area contributed by atoms with Crippen LogP contribution in [0.2, 0.25) is 0 Å². The molecule has 0 bridgehead atoms. The van der Waals surface area contributed by atoms with E-state index in [4.69, 9.17) is 0 Å². The number of aromatic nitrogens is 2. The minimum absolute atomic E-state index is 0.237. The number of halogens is 1. The van der Waals surface area contributed by atoms with Crippen molar-refractivity contribution >= 4 is 33.3 Å². The number of benzene rings is 1. The van der Waals surface area contributed by atoms with Gasteiger partial charge in [0.1, 0.15) is 17.3 Å². The van der Waals surface area contributed by atoms with E-state index in [0.717, 1.165) is 35.1 Å². The Labute approximate surface area is 145 Å². The van der Waals surface area contributed by atoms with E-state index in [1.165, 1.54) is 0 Å². The van der Waals surface area contributed by atoms with Gasteiger partial charge in [-0.2, -0.15) is 0 Å². The number of carbonyl (C=O) groups is 1. The predicted molar refractivity (Wildman–Crippen MR) is 97.0 cm³/mol. The molecule has 2 aromatic rings. The summed E-state index contributed by atoms with van der Waals surface area (Å²) in [4.78, 5) is 21.0. The zero-order chi connectivity index (χ0) is 16.8. The Hall–Kier alpha value is -1.95. The SMILES string of the molecule is CCCCNc1cc(C(=O)Nc2ccc(Br)cc2C)nc(C)n1. The Kier molecular flexibility index (Phi) is 6.10. The van der Waals surface area contributed by atoms with Gasteiger partial charge in [0, 0.05) is 22.8 Å². The van der Waals surface area contributed by atoms with E-state index in [2.05, 4.69) is 43.5 Å². The van der Waals surface area contributed by atoms with E-state index < -0.39 is 0 Å². The fourth-order valence-electron chi connectivity index (χ4n) is 2.12. The Morgan fingerprint density at radius 3 is 2.70 bits per heavy atom. The first-order chi connectivity index (χ1) is 11.0. The summed E-state index contributed by atoms with van der Waals surface area (Å²) in [6.45, 7) is 6.70. The fraction of sp³-hybridized carbons (Fsp3) is 0.353. The number of rotatable bonds is 6. The maximum atomic E-state index is 12.4. The molecular formula is C17H21BrN4O. The predicted octanol–water partition coefficient (Wildman–Crippen LogP) is 4.32. The Morgan fingerprint density at radius 1 is 1.22 bits per heavy atom. The molecule has 0 unspecified atom stereocenters. The van der Waals surface area contributed by atoms with Crippen molar-refractivity contribution < 1.29 is 4.79 Å². The molecule has 0 radical (unpaired) electrons. The number of amides is 1.